The fourth-order valence-corrected chi connectivity index (χ4v) is 6.88. The fourth-order valence-electron chi connectivity index (χ4n) is 6.88. The smallest absolute Gasteiger partial charge is 0.343 e. The number of benzene rings is 1. The van der Waals surface area contributed by atoms with E-state index in [1.807, 2.05) is 25.1 Å². The molecule has 0 aromatic heterocycles. The number of anilines is 1. The molecular weight excluding hydrogens is 466 g/mol. The van der Waals surface area contributed by atoms with E-state index in [1.54, 1.807) is 18.2 Å². The van der Waals surface area contributed by atoms with Crippen LogP contribution in [0, 0.1) is 22.7 Å². The molecule has 2 unspecified atom stereocenters. The number of hydrogen-bond acceptors (Lipinski definition) is 6. The van der Waals surface area contributed by atoms with E-state index < -0.39 is 17.5 Å². The second-order valence-electron chi connectivity index (χ2n) is 11.3. The average Bonchev–Trinajstić information content (AvgIpc) is 3.22. The first kappa shape index (κ1) is 27.2. The Morgan fingerprint density at radius 3 is 2.59 bits per heavy atom. The van der Waals surface area contributed by atoms with Crippen molar-refractivity contribution < 1.29 is 24.9 Å². The summed E-state index contributed by atoms with van der Waals surface area (Å²) in [6, 6.07) is 5.51. The molecule has 0 radical (unpaired) electrons. The molecular formula is C31H41NO5. The number of ether oxygens (including phenoxy) is 1. The molecule has 1 aromatic carbocycles. The summed E-state index contributed by atoms with van der Waals surface area (Å²) in [6.07, 6.45) is 9.90. The summed E-state index contributed by atoms with van der Waals surface area (Å²) in [5.41, 5.74) is 2.38. The number of aliphatic hydroxyl groups excluding tert-OH is 2. The van der Waals surface area contributed by atoms with Crippen LogP contribution in [0.4, 0.5) is 5.69 Å². The van der Waals surface area contributed by atoms with Crippen LogP contribution in [0.15, 0.2) is 59.9 Å². The molecule has 37 heavy (non-hydrogen) atoms. The van der Waals surface area contributed by atoms with Gasteiger partial charge in [0.2, 0.25) is 0 Å². The number of phenols is 1. The van der Waals surface area contributed by atoms with Gasteiger partial charge in [-0.2, -0.15) is 0 Å². The van der Waals surface area contributed by atoms with Crippen LogP contribution >= 0.6 is 0 Å². The Hall–Kier alpha value is -2.83. The summed E-state index contributed by atoms with van der Waals surface area (Å²) in [5.74, 6) is 0.272. The minimum absolute atomic E-state index is 0.0306. The van der Waals surface area contributed by atoms with Crippen molar-refractivity contribution in [2.45, 2.75) is 59.5 Å². The highest BCUT2D eigenvalue weighted by Gasteiger charge is 2.57. The number of carbonyl (C=O) groups is 1. The van der Waals surface area contributed by atoms with Gasteiger partial charge in [-0.3, -0.25) is 0 Å². The number of esters is 1. The molecule has 0 bridgehead atoms. The number of fused-ring (bicyclic) bond motifs is 1. The van der Waals surface area contributed by atoms with Crippen LogP contribution in [0.25, 0.3) is 6.08 Å². The molecule has 3 aliphatic rings. The molecule has 2 aliphatic carbocycles. The third-order valence-electron chi connectivity index (χ3n) is 9.21. The minimum atomic E-state index is -0.551. The normalized spacial score (nSPS) is 33.0. The van der Waals surface area contributed by atoms with Crippen molar-refractivity contribution in [3.05, 3.63) is 65.5 Å². The van der Waals surface area contributed by atoms with Crippen molar-refractivity contribution in [1.29, 1.82) is 0 Å². The second-order valence-corrected chi connectivity index (χ2v) is 11.3. The first-order valence-corrected chi connectivity index (χ1v) is 13.5. The summed E-state index contributed by atoms with van der Waals surface area (Å²) < 4.78 is 5.48. The van der Waals surface area contributed by atoms with Gasteiger partial charge >= 0.3 is 5.97 Å². The number of hydrogen-bond donors (Lipinski definition) is 3. The first-order valence-electron chi connectivity index (χ1n) is 13.5. The Labute approximate surface area is 220 Å². The van der Waals surface area contributed by atoms with E-state index in [4.69, 9.17) is 4.74 Å². The Morgan fingerprint density at radius 1 is 1.22 bits per heavy atom. The Bertz CT molecular complexity index is 1150. The zero-order chi connectivity index (χ0) is 27.0. The van der Waals surface area contributed by atoms with E-state index in [-0.39, 0.29) is 29.6 Å². The lowest BCUT2D eigenvalue weighted by Crippen LogP contribution is -2.57. The lowest BCUT2D eigenvalue weighted by Gasteiger charge is -2.59. The van der Waals surface area contributed by atoms with Gasteiger partial charge in [-0.25, -0.2) is 4.79 Å². The van der Waals surface area contributed by atoms with Crippen molar-refractivity contribution in [2.75, 3.05) is 24.6 Å². The predicted octanol–water partition coefficient (Wildman–Crippen LogP) is 5.36. The lowest BCUT2D eigenvalue weighted by molar-refractivity contribution is -0.145. The van der Waals surface area contributed by atoms with Crippen molar-refractivity contribution in [3.63, 3.8) is 0 Å². The molecule has 5 atom stereocenters. The van der Waals surface area contributed by atoms with Crippen LogP contribution in [0.1, 0.15) is 58.9 Å². The van der Waals surface area contributed by atoms with Crippen LogP contribution < -0.4 is 4.90 Å². The quantitative estimate of drug-likeness (QED) is 0.340. The maximum absolute atomic E-state index is 12.6. The summed E-state index contributed by atoms with van der Waals surface area (Å²) in [7, 11) is 0. The molecule has 3 N–H and O–H groups in total. The van der Waals surface area contributed by atoms with Crippen molar-refractivity contribution >= 4 is 17.7 Å². The lowest BCUT2D eigenvalue weighted by atomic mass is 9.46. The molecule has 0 amide bonds. The molecule has 1 heterocycles. The number of phenolic OH excluding ortho intramolecular Hbond substituents is 1. The number of carbonyl (C=O) groups excluding carboxylic acids is 1. The van der Waals surface area contributed by atoms with Gasteiger partial charge in [-0.05, 0) is 75.1 Å². The van der Waals surface area contributed by atoms with Crippen LogP contribution in [-0.2, 0) is 9.53 Å². The van der Waals surface area contributed by atoms with E-state index in [2.05, 4.69) is 38.3 Å². The van der Waals surface area contributed by atoms with Crippen LogP contribution in [0.2, 0.25) is 0 Å². The monoisotopic (exact) mass is 507 g/mol. The van der Waals surface area contributed by atoms with Gasteiger partial charge < -0.3 is 25.0 Å². The van der Waals surface area contributed by atoms with E-state index in [9.17, 15) is 20.1 Å². The van der Waals surface area contributed by atoms with Gasteiger partial charge in [0.15, 0.2) is 0 Å². The number of rotatable bonds is 7. The van der Waals surface area contributed by atoms with Gasteiger partial charge in [0.1, 0.15) is 11.5 Å². The standard InChI is InChI=1S/C31H41NO5/c1-6-32(7-2)23-11-9-21(26(34)18-23)16-24-17-22(29(36)37-24)10-12-25-20(3)8-13-27-30(25,4)15-14-28(35)31(27,5)19-33/h9-12,16-18,25,27-28,33-35H,3,6-8,13-15,19H2,1-2,4-5H3/b12-10+,24-16+/t25?,27?,28-,30-,31+/m1/s1. The predicted molar refractivity (Wildman–Crippen MR) is 147 cm³/mol. The number of aliphatic hydroxyl groups is 2. The third-order valence-corrected chi connectivity index (χ3v) is 9.21. The molecule has 6 nitrogen and oxygen atoms in total. The van der Waals surface area contributed by atoms with E-state index in [0.717, 1.165) is 43.6 Å². The summed E-state index contributed by atoms with van der Waals surface area (Å²) in [5, 5.41) is 31.5. The average molecular weight is 508 g/mol. The van der Waals surface area contributed by atoms with Gasteiger partial charge in [-0.15, -0.1) is 0 Å². The van der Waals surface area contributed by atoms with Crippen molar-refractivity contribution in [2.24, 2.45) is 22.7 Å². The van der Waals surface area contributed by atoms with Gasteiger partial charge in [0.25, 0.3) is 0 Å². The number of cyclic esters (lactones) is 1. The largest absolute Gasteiger partial charge is 0.507 e. The highest BCUT2D eigenvalue weighted by Crippen LogP contribution is 2.61. The SMILES string of the molecule is C=C1CCC2[C@](C)(CC[C@@H](O)[C@@]2(C)CO)C1/C=C/C1=CC(=C\c2ccc(N(CC)CC)cc2O)/OC1=O. The molecule has 0 saturated heterocycles. The van der Waals surface area contributed by atoms with Crippen LogP contribution in [0.5, 0.6) is 5.75 Å². The maximum Gasteiger partial charge on any atom is 0.343 e. The second kappa shape index (κ2) is 10.5. The first-order chi connectivity index (χ1) is 17.6. The van der Waals surface area contributed by atoms with E-state index >= 15 is 0 Å². The molecule has 1 aliphatic heterocycles. The Kier molecular flexibility index (Phi) is 7.72. The minimum Gasteiger partial charge on any atom is -0.507 e. The summed E-state index contributed by atoms with van der Waals surface area (Å²) in [6.45, 7) is 14.4. The topological polar surface area (TPSA) is 90.2 Å². The number of allylic oxidation sites excluding steroid dienone is 3. The molecule has 200 valence electrons. The molecule has 4 rings (SSSR count). The van der Waals surface area contributed by atoms with Gasteiger partial charge in [-0.1, -0.05) is 38.2 Å². The third kappa shape index (κ3) is 4.89. The summed E-state index contributed by atoms with van der Waals surface area (Å²) >= 11 is 0. The maximum atomic E-state index is 12.6. The van der Waals surface area contributed by atoms with E-state index in [0.29, 0.717) is 23.3 Å². The summed E-state index contributed by atoms with van der Waals surface area (Å²) in [4.78, 5) is 14.8. The Balaban J connectivity index is 1.57. The number of aromatic hydroxyl groups is 1. The van der Waals surface area contributed by atoms with Gasteiger partial charge in [0, 0.05) is 41.7 Å². The van der Waals surface area contributed by atoms with Crippen molar-refractivity contribution in [3.8, 4) is 5.75 Å². The fraction of sp³-hybridized carbons (Fsp3) is 0.516. The molecule has 2 fully saturated rings. The number of nitrogens with zero attached hydrogens (tertiary/aromatic N) is 1. The zero-order valence-corrected chi connectivity index (χ0v) is 22.5. The van der Waals surface area contributed by atoms with Gasteiger partial charge in [0.05, 0.1) is 18.3 Å². The molecule has 1 aromatic rings. The van der Waals surface area contributed by atoms with Crippen LogP contribution in [-0.4, -0.2) is 47.1 Å². The highest BCUT2D eigenvalue weighted by molar-refractivity contribution is 5.96. The highest BCUT2D eigenvalue weighted by atomic mass is 16.5. The Morgan fingerprint density at radius 2 is 1.95 bits per heavy atom. The molecule has 6 heteroatoms. The van der Waals surface area contributed by atoms with Crippen molar-refractivity contribution in [1.82, 2.24) is 0 Å². The zero-order valence-electron chi connectivity index (χ0n) is 22.5. The van der Waals surface area contributed by atoms with E-state index in [1.165, 1.54) is 0 Å². The molecule has 2 saturated carbocycles. The molecule has 0 spiro atoms. The van der Waals surface area contributed by atoms with Crippen LogP contribution in [0.3, 0.4) is 0 Å².